The van der Waals surface area contributed by atoms with Crippen LogP contribution in [0.1, 0.15) is 37.7 Å². The van der Waals surface area contributed by atoms with Gasteiger partial charge in [-0.25, -0.2) is 4.79 Å². The fraction of sp³-hybridized carbons (Fsp3) is 0.556. The van der Waals surface area contributed by atoms with E-state index in [0.717, 1.165) is 11.3 Å². The molecule has 1 heterocycles. The number of carbonyl (C=O) groups is 2. The minimum absolute atomic E-state index is 0.156. The molecule has 0 radical (unpaired) electrons. The van der Waals surface area contributed by atoms with Crippen LogP contribution >= 0.6 is 0 Å². The summed E-state index contributed by atoms with van der Waals surface area (Å²) in [7, 11) is 2.86. The van der Waals surface area contributed by atoms with Gasteiger partial charge in [0.25, 0.3) is 0 Å². The van der Waals surface area contributed by atoms with Gasteiger partial charge in [0.2, 0.25) is 5.91 Å². The lowest BCUT2D eigenvalue weighted by Gasteiger charge is -2.38. The molecule has 6 nitrogen and oxygen atoms in total. The number of ether oxygens (including phenoxy) is 2. The maximum Gasteiger partial charge on any atom is 0.331 e. The van der Waals surface area contributed by atoms with Crippen LogP contribution in [0.2, 0.25) is 0 Å². The molecule has 1 aromatic carbocycles. The smallest absolute Gasteiger partial charge is 0.331 e. The summed E-state index contributed by atoms with van der Waals surface area (Å²) in [6.45, 7) is 2.38. The number of carbonyl (C=O) groups excluding carboxylic acids is 2. The summed E-state index contributed by atoms with van der Waals surface area (Å²) in [6, 6.07) is 6.42. The molecular weight excluding hydrogens is 310 g/mol. The third-order valence-electron chi connectivity index (χ3n) is 4.55. The molecule has 0 aromatic heterocycles. The lowest BCUT2D eigenvalue weighted by Crippen LogP contribution is -2.56. The molecule has 1 aliphatic rings. The molecule has 0 bridgehead atoms. The molecule has 1 aliphatic heterocycles. The van der Waals surface area contributed by atoms with Crippen molar-refractivity contribution in [3.8, 4) is 5.75 Å². The zero-order chi connectivity index (χ0) is 17.7. The van der Waals surface area contributed by atoms with Crippen LogP contribution in [-0.4, -0.2) is 54.8 Å². The summed E-state index contributed by atoms with van der Waals surface area (Å²) in [5.41, 5.74) is 0.868. The fourth-order valence-corrected chi connectivity index (χ4v) is 3.22. The first-order valence-corrected chi connectivity index (χ1v) is 8.23. The van der Waals surface area contributed by atoms with Gasteiger partial charge in [-0.2, -0.15) is 0 Å². The molecule has 6 heteroatoms. The Labute approximate surface area is 142 Å². The van der Waals surface area contributed by atoms with Crippen LogP contribution in [0.4, 0.5) is 0 Å². The predicted octanol–water partition coefficient (Wildman–Crippen LogP) is 1.71. The van der Waals surface area contributed by atoms with Crippen molar-refractivity contribution in [3.05, 3.63) is 29.8 Å². The Kier molecular flexibility index (Phi) is 6.20. The molecule has 1 aromatic rings. The van der Waals surface area contributed by atoms with Gasteiger partial charge in [0.05, 0.1) is 26.2 Å². The van der Waals surface area contributed by atoms with E-state index in [1.165, 1.54) is 12.0 Å². The topological polar surface area (TPSA) is 76.1 Å². The van der Waals surface area contributed by atoms with Gasteiger partial charge in [-0.1, -0.05) is 19.1 Å². The van der Waals surface area contributed by atoms with Crippen molar-refractivity contribution in [3.63, 3.8) is 0 Å². The lowest BCUT2D eigenvalue weighted by atomic mass is 9.91. The minimum Gasteiger partial charge on any atom is -0.497 e. The summed E-state index contributed by atoms with van der Waals surface area (Å²) < 4.78 is 9.93. The van der Waals surface area contributed by atoms with Gasteiger partial charge >= 0.3 is 5.97 Å². The molecule has 1 amide bonds. The van der Waals surface area contributed by atoms with Crippen LogP contribution in [0.25, 0.3) is 0 Å². The molecule has 1 N–H and O–H groups in total. The average Bonchev–Trinajstić information content (AvgIpc) is 2.62. The third kappa shape index (κ3) is 3.70. The van der Waals surface area contributed by atoms with Gasteiger partial charge in [-0.3, -0.25) is 4.79 Å². The van der Waals surface area contributed by atoms with E-state index in [0.29, 0.717) is 25.8 Å². The normalized spacial score (nSPS) is 21.9. The quantitative estimate of drug-likeness (QED) is 0.829. The Morgan fingerprint density at radius 2 is 1.96 bits per heavy atom. The van der Waals surface area contributed by atoms with Crippen LogP contribution in [0, 0.1) is 0 Å². The molecule has 1 fully saturated rings. The van der Waals surface area contributed by atoms with Gasteiger partial charge in [0.15, 0.2) is 6.04 Å². The molecule has 24 heavy (non-hydrogen) atoms. The van der Waals surface area contributed by atoms with Crippen LogP contribution in [0.3, 0.4) is 0 Å². The third-order valence-corrected chi connectivity index (χ3v) is 4.55. The van der Waals surface area contributed by atoms with E-state index >= 15 is 0 Å². The molecule has 1 saturated heterocycles. The van der Waals surface area contributed by atoms with Crippen LogP contribution < -0.4 is 4.74 Å². The highest BCUT2D eigenvalue weighted by molar-refractivity contribution is 5.89. The molecule has 0 aliphatic carbocycles. The summed E-state index contributed by atoms with van der Waals surface area (Å²) in [4.78, 5) is 26.5. The monoisotopic (exact) mass is 335 g/mol. The number of aliphatic hydroxyl groups is 1. The van der Waals surface area contributed by atoms with E-state index in [2.05, 4.69) is 0 Å². The largest absolute Gasteiger partial charge is 0.497 e. The minimum atomic E-state index is -0.927. The highest BCUT2D eigenvalue weighted by Crippen LogP contribution is 2.28. The second-order valence-corrected chi connectivity index (χ2v) is 5.94. The number of piperidine rings is 1. The Morgan fingerprint density at radius 1 is 1.29 bits per heavy atom. The highest BCUT2D eigenvalue weighted by atomic mass is 16.5. The summed E-state index contributed by atoms with van der Waals surface area (Å²) in [5, 5.41) is 10.2. The predicted molar refractivity (Wildman–Crippen MR) is 88.8 cm³/mol. The number of amides is 1. The first kappa shape index (κ1) is 18.3. The van der Waals surface area contributed by atoms with E-state index in [1.54, 1.807) is 7.11 Å². The number of hydrogen-bond acceptors (Lipinski definition) is 5. The van der Waals surface area contributed by atoms with E-state index in [9.17, 15) is 14.7 Å². The first-order chi connectivity index (χ1) is 11.5. The number of hydrogen-bond donors (Lipinski definition) is 1. The Balaban J connectivity index is 2.26. The Bertz CT molecular complexity index is 571. The molecule has 2 rings (SSSR count). The van der Waals surface area contributed by atoms with Crippen LogP contribution in [0.15, 0.2) is 24.3 Å². The summed E-state index contributed by atoms with van der Waals surface area (Å²) >= 11 is 0. The van der Waals surface area contributed by atoms with Crippen LogP contribution in [0.5, 0.6) is 5.75 Å². The summed E-state index contributed by atoms with van der Waals surface area (Å²) in [6.07, 6.45) is 0.872. The second-order valence-electron chi connectivity index (χ2n) is 5.94. The second kappa shape index (κ2) is 8.15. The number of methoxy groups -OCH3 is 2. The maximum absolute atomic E-state index is 13.0. The molecule has 0 saturated carbocycles. The number of aliphatic hydroxyl groups excluding tert-OH is 1. The van der Waals surface area contributed by atoms with Crippen molar-refractivity contribution in [1.82, 2.24) is 4.90 Å². The maximum atomic E-state index is 13.0. The molecule has 0 spiro atoms. The Morgan fingerprint density at radius 3 is 2.50 bits per heavy atom. The van der Waals surface area contributed by atoms with E-state index in [4.69, 9.17) is 9.47 Å². The van der Waals surface area contributed by atoms with Crippen LogP contribution in [-0.2, 0) is 14.3 Å². The van der Waals surface area contributed by atoms with E-state index < -0.39 is 18.1 Å². The highest BCUT2D eigenvalue weighted by Gasteiger charge is 2.41. The molecule has 132 valence electrons. The number of benzene rings is 1. The SMILES string of the molecule is CCC(C(=O)N1CCCC(O)C1C(=O)OC)c1ccc(OC)cc1. The van der Waals surface area contributed by atoms with Crippen molar-refractivity contribution < 1.29 is 24.2 Å². The number of esters is 1. The standard InChI is InChI=1S/C18H25NO5/c1-4-14(12-7-9-13(23-2)10-8-12)17(21)19-11-5-6-15(20)16(19)18(22)24-3/h7-10,14-16,20H,4-6,11H2,1-3H3. The number of rotatable bonds is 5. The van der Waals surface area contributed by atoms with Crippen molar-refractivity contribution in [2.75, 3.05) is 20.8 Å². The zero-order valence-corrected chi connectivity index (χ0v) is 14.4. The van der Waals surface area contributed by atoms with Crippen molar-refractivity contribution >= 4 is 11.9 Å². The molecular formula is C18H25NO5. The zero-order valence-electron chi connectivity index (χ0n) is 14.4. The number of likely N-dealkylation sites (tertiary alicyclic amines) is 1. The lowest BCUT2D eigenvalue weighted by molar-refractivity contribution is -0.161. The van der Waals surface area contributed by atoms with Gasteiger partial charge in [0.1, 0.15) is 5.75 Å². The average molecular weight is 335 g/mol. The van der Waals surface area contributed by atoms with Gasteiger partial charge in [0, 0.05) is 6.54 Å². The number of nitrogens with zero attached hydrogens (tertiary/aromatic N) is 1. The van der Waals surface area contributed by atoms with Crippen molar-refractivity contribution in [2.45, 2.75) is 44.2 Å². The van der Waals surface area contributed by atoms with Crippen molar-refractivity contribution in [2.24, 2.45) is 0 Å². The molecule has 3 atom stereocenters. The van der Waals surface area contributed by atoms with E-state index in [-0.39, 0.29) is 11.8 Å². The summed E-state index contributed by atoms with van der Waals surface area (Å²) in [5.74, 6) is -0.368. The van der Waals surface area contributed by atoms with E-state index in [1.807, 2.05) is 31.2 Å². The van der Waals surface area contributed by atoms with Gasteiger partial charge in [-0.05, 0) is 37.0 Å². The van der Waals surface area contributed by atoms with Gasteiger partial charge < -0.3 is 19.5 Å². The fourth-order valence-electron chi connectivity index (χ4n) is 3.22. The van der Waals surface area contributed by atoms with Gasteiger partial charge in [-0.15, -0.1) is 0 Å². The molecule has 3 unspecified atom stereocenters. The first-order valence-electron chi connectivity index (χ1n) is 8.23. The Hall–Kier alpha value is -2.08. The van der Waals surface area contributed by atoms with Crippen molar-refractivity contribution in [1.29, 1.82) is 0 Å².